The average molecular weight is 445 g/mol. The summed E-state index contributed by atoms with van der Waals surface area (Å²) in [5, 5.41) is 12.5. The van der Waals surface area contributed by atoms with Crippen molar-refractivity contribution in [2.75, 3.05) is 5.32 Å². The molecule has 2 aromatic carbocycles. The van der Waals surface area contributed by atoms with E-state index in [0.717, 1.165) is 67.4 Å². The lowest BCUT2D eigenvalue weighted by Gasteiger charge is -2.10. The second kappa shape index (κ2) is 8.14. The molecule has 0 saturated heterocycles. The number of furan rings is 1. The van der Waals surface area contributed by atoms with E-state index in [9.17, 15) is 9.18 Å². The van der Waals surface area contributed by atoms with Crippen molar-refractivity contribution >= 4 is 22.6 Å². The maximum absolute atomic E-state index is 14.7. The molecule has 6 rings (SSSR count). The maximum Gasteiger partial charge on any atom is 0.228 e. The number of aromatic nitrogens is 3. The van der Waals surface area contributed by atoms with Gasteiger partial charge < -0.3 is 14.3 Å². The number of rotatable bonds is 4. The molecule has 7 heteroatoms. The molecule has 6 nitrogen and oxygen atoms in total. The Morgan fingerprint density at radius 3 is 2.82 bits per heavy atom. The second-order valence-corrected chi connectivity index (χ2v) is 9.05. The van der Waals surface area contributed by atoms with Gasteiger partial charge in [0.25, 0.3) is 0 Å². The van der Waals surface area contributed by atoms with Crippen LogP contribution in [-0.4, -0.2) is 20.7 Å². The molecule has 0 spiro atoms. The molecule has 0 fully saturated rings. The molecular weight excluding hydrogens is 419 g/mol. The van der Waals surface area contributed by atoms with Crippen LogP contribution in [0.3, 0.4) is 0 Å². The molecule has 1 amide bonds. The first-order valence-corrected chi connectivity index (χ1v) is 11.7. The average Bonchev–Trinajstić information content (AvgIpc) is 3.49. The van der Waals surface area contributed by atoms with Gasteiger partial charge in [-0.15, -0.1) is 10.2 Å². The number of nitrogens with one attached hydrogen (secondary N) is 1. The highest BCUT2D eigenvalue weighted by molar-refractivity contribution is 5.96. The molecule has 168 valence electrons. The topological polar surface area (TPSA) is 73.0 Å². The number of nitrogens with zero attached hydrogens (tertiary/aromatic N) is 3. The van der Waals surface area contributed by atoms with E-state index in [1.54, 1.807) is 18.4 Å². The van der Waals surface area contributed by atoms with Gasteiger partial charge in [0.1, 0.15) is 17.2 Å². The lowest BCUT2D eigenvalue weighted by atomic mass is 10.0. The summed E-state index contributed by atoms with van der Waals surface area (Å²) in [5.74, 6) is 0.878. The summed E-state index contributed by atoms with van der Waals surface area (Å²) in [7, 11) is 0. The van der Waals surface area contributed by atoms with E-state index in [1.807, 2.05) is 4.57 Å². The smallest absolute Gasteiger partial charge is 0.228 e. The van der Waals surface area contributed by atoms with Crippen LogP contribution in [0.25, 0.3) is 22.4 Å². The quantitative estimate of drug-likeness (QED) is 0.468. The molecule has 33 heavy (non-hydrogen) atoms. The Bertz CT molecular complexity index is 1370. The number of fused-ring (bicyclic) bond motifs is 3. The standard InChI is InChI=1S/C26H25FN4O2/c27-22-9-8-19(14-21(22)26-30-29-24-7-2-1-3-10-31(24)26)28-25(32)13-18-15-33-23-12-17-6-4-5-16(17)11-20(18)23/h8-9,11-12,14-15H,1-7,10,13H2,(H,28,32). The fourth-order valence-corrected chi connectivity index (χ4v) is 5.12. The van der Waals surface area contributed by atoms with Crippen molar-refractivity contribution in [1.29, 1.82) is 0 Å². The Labute approximate surface area is 190 Å². The molecule has 1 aliphatic carbocycles. The normalized spacial score (nSPS) is 15.3. The van der Waals surface area contributed by atoms with Crippen LogP contribution in [0.15, 0.2) is 41.0 Å². The van der Waals surface area contributed by atoms with Gasteiger partial charge in [0.15, 0.2) is 5.82 Å². The second-order valence-electron chi connectivity index (χ2n) is 9.05. The first kappa shape index (κ1) is 20.1. The minimum Gasteiger partial charge on any atom is -0.464 e. The van der Waals surface area contributed by atoms with E-state index in [4.69, 9.17) is 4.42 Å². The van der Waals surface area contributed by atoms with Crippen LogP contribution in [0.4, 0.5) is 10.1 Å². The largest absolute Gasteiger partial charge is 0.464 e. The van der Waals surface area contributed by atoms with Crippen molar-refractivity contribution in [2.45, 2.75) is 57.9 Å². The number of halogens is 1. The summed E-state index contributed by atoms with van der Waals surface area (Å²) < 4.78 is 22.5. The zero-order chi connectivity index (χ0) is 22.4. The van der Waals surface area contributed by atoms with E-state index >= 15 is 0 Å². The van der Waals surface area contributed by atoms with Crippen LogP contribution in [0.1, 0.15) is 48.2 Å². The Kier molecular flexibility index (Phi) is 4.97. The number of amides is 1. The number of carbonyl (C=O) groups is 1. The van der Waals surface area contributed by atoms with Crippen LogP contribution in [0.5, 0.6) is 0 Å². The molecule has 1 N–H and O–H groups in total. The Hall–Kier alpha value is -3.48. The molecule has 2 aromatic heterocycles. The lowest BCUT2D eigenvalue weighted by molar-refractivity contribution is -0.115. The van der Waals surface area contributed by atoms with Crippen molar-refractivity contribution in [3.63, 3.8) is 0 Å². The molecule has 1 aliphatic heterocycles. The van der Waals surface area contributed by atoms with Crippen LogP contribution >= 0.6 is 0 Å². The first-order valence-electron chi connectivity index (χ1n) is 11.7. The fraction of sp³-hybridized carbons (Fsp3) is 0.346. The van der Waals surface area contributed by atoms with Crippen molar-refractivity contribution in [1.82, 2.24) is 14.8 Å². The van der Waals surface area contributed by atoms with E-state index in [-0.39, 0.29) is 18.1 Å². The van der Waals surface area contributed by atoms with Gasteiger partial charge in [-0.1, -0.05) is 6.42 Å². The van der Waals surface area contributed by atoms with Gasteiger partial charge in [0.05, 0.1) is 18.2 Å². The monoisotopic (exact) mass is 444 g/mol. The molecule has 0 atom stereocenters. The Morgan fingerprint density at radius 2 is 1.91 bits per heavy atom. The van der Waals surface area contributed by atoms with E-state index in [0.29, 0.717) is 17.1 Å². The summed E-state index contributed by atoms with van der Waals surface area (Å²) in [6, 6.07) is 8.87. The number of aryl methyl sites for hydroxylation is 3. The summed E-state index contributed by atoms with van der Waals surface area (Å²) >= 11 is 0. The molecule has 0 unspecified atom stereocenters. The number of hydrogen-bond acceptors (Lipinski definition) is 4. The molecule has 0 bridgehead atoms. The van der Waals surface area contributed by atoms with Crippen molar-refractivity contribution in [3.8, 4) is 11.4 Å². The highest BCUT2D eigenvalue weighted by atomic mass is 19.1. The minimum absolute atomic E-state index is 0.171. The zero-order valence-corrected chi connectivity index (χ0v) is 18.4. The predicted molar refractivity (Wildman–Crippen MR) is 124 cm³/mol. The highest BCUT2D eigenvalue weighted by Gasteiger charge is 2.20. The zero-order valence-electron chi connectivity index (χ0n) is 18.4. The van der Waals surface area contributed by atoms with E-state index < -0.39 is 0 Å². The molecular formula is C26H25FN4O2. The van der Waals surface area contributed by atoms with E-state index in [1.165, 1.54) is 23.6 Å². The number of anilines is 1. The van der Waals surface area contributed by atoms with Crippen LogP contribution in [0.2, 0.25) is 0 Å². The molecule has 4 aromatic rings. The van der Waals surface area contributed by atoms with Gasteiger partial charge in [-0.2, -0.15) is 0 Å². The number of benzene rings is 2. The summed E-state index contributed by atoms with van der Waals surface area (Å²) in [4.78, 5) is 12.8. The van der Waals surface area contributed by atoms with Crippen molar-refractivity contribution in [3.05, 3.63) is 64.9 Å². The number of hydrogen-bond donors (Lipinski definition) is 1. The third kappa shape index (κ3) is 3.71. The van der Waals surface area contributed by atoms with Crippen molar-refractivity contribution in [2.24, 2.45) is 0 Å². The highest BCUT2D eigenvalue weighted by Crippen LogP contribution is 2.31. The molecule has 2 aliphatic rings. The van der Waals surface area contributed by atoms with Crippen LogP contribution in [-0.2, 0) is 37.0 Å². The lowest BCUT2D eigenvalue weighted by Crippen LogP contribution is -2.14. The van der Waals surface area contributed by atoms with Crippen LogP contribution < -0.4 is 5.32 Å². The third-order valence-corrected chi connectivity index (χ3v) is 6.82. The van der Waals surface area contributed by atoms with Crippen LogP contribution in [0, 0.1) is 5.82 Å². The summed E-state index contributed by atoms with van der Waals surface area (Å²) in [5.41, 5.74) is 5.28. The Balaban J connectivity index is 1.24. The molecule has 0 radical (unpaired) electrons. The maximum atomic E-state index is 14.7. The third-order valence-electron chi connectivity index (χ3n) is 6.82. The van der Waals surface area contributed by atoms with Gasteiger partial charge >= 0.3 is 0 Å². The van der Waals surface area contributed by atoms with Gasteiger partial charge in [-0.3, -0.25) is 4.79 Å². The van der Waals surface area contributed by atoms with E-state index in [2.05, 4.69) is 27.6 Å². The number of carbonyl (C=O) groups excluding carboxylic acids is 1. The van der Waals surface area contributed by atoms with Gasteiger partial charge in [0, 0.05) is 29.6 Å². The predicted octanol–water partition coefficient (Wildman–Crippen LogP) is 5.23. The summed E-state index contributed by atoms with van der Waals surface area (Å²) in [6.07, 6.45) is 9.27. The van der Waals surface area contributed by atoms with Gasteiger partial charge in [-0.05, 0) is 73.6 Å². The minimum atomic E-state index is -0.373. The Morgan fingerprint density at radius 1 is 1.03 bits per heavy atom. The molecule has 0 saturated carbocycles. The van der Waals surface area contributed by atoms with Gasteiger partial charge in [-0.25, -0.2) is 4.39 Å². The summed E-state index contributed by atoms with van der Waals surface area (Å²) in [6.45, 7) is 0.783. The first-order chi connectivity index (χ1) is 16.2. The SMILES string of the molecule is O=C(Cc1coc2cc3c(cc12)CCC3)Nc1ccc(F)c(-c2nnc3n2CCCCC3)c1. The fourth-order valence-electron chi connectivity index (χ4n) is 5.12. The van der Waals surface area contributed by atoms with Crippen molar-refractivity contribution < 1.29 is 13.6 Å². The molecule has 3 heterocycles. The van der Waals surface area contributed by atoms with Gasteiger partial charge in [0.2, 0.25) is 5.91 Å².